The van der Waals surface area contributed by atoms with Crippen LogP contribution in [0.3, 0.4) is 0 Å². The first-order valence-electron chi connectivity index (χ1n) is 8.29. The van der Waals surface area contributed by atoms with Crippen molar-refractivity contribution < 1.29 is 22.7 Å². The summed E-state index contributed by atoms with van der Waals surface area (Å²) in [5, 5.41) is 9.09. The number of esters is 1. The predicted octanol–water partition coefficient (Wildman–Crippen LogP) is 2.14. The summed E-state index contributed by atoms with van der Waals surface area (Å²) in [6, 6.07) is 2.82. The van der Waals surface area contributed by atoms with Crippen molar-refractivity contribution in [1.82, 2.24) is 20.0 Å². The molecule has 3 rings (SSSR count). The quantitative estimate of drug-likeness (QED) is 0.495. The molecule has 0 aliphatic carbocycles. The van der Waals surface area contributed by atoms with E-state index in [-0.39, 0.29) is 29.7 Å². The van der Waals surface area contributed by atoms with E-state index in [1.807, 2.05) is 0 Å². The van der Waals surface area contributed by atoms with Crippen molar-refractivity contribution in [1.29, 1.82) is 0 Å². The number of carbonyl (C=O) groups is 1. The van der Waals surface area contributed by atoms with E-state index in [9.17, 15) is 22.8 Å². The van der Waals surface area contributed by atoms with Gasteiger partial charge >= 0.3 is 5.97 Å². The van der Waals surface area contributed by atoms with Crippen molar-refractivity contribution in [2.24, 2.45) is 7.05 Å². The summed E-state index contributed by atoms with van der Waals surface area (Å²) in [6.45, 7) is 0. The monoisotopic (exact) mass is 394 g/mol. The fraction of sp³-hybridized carbons (Fsp3) is 0.278. The van der Waals surface area contributed by atoms with Gasteiger partial charge in [0.25, 0.3) is 5.56 Å². The van der Waals surface area contributed by atoms with Crippen molar-refractivity contribution in [2.45, 2.75) is 18.8 Å². The molecule has 2 N–H and O–H groups in total. The Morgan fingerprint density at radius 3 is 2.57 bits per heavy atom. The molecule has 28 heavy (non-hydrogen) atoms. The van der Waals surface area contributed by atoms with Gasteiger partial charge in [-0.05, 0) is 17.7 Å². The van der Waals surface area contributed by atoms with Gasteiger partial charge in [0, 0.05) is 48.6 Å². The number of hydrogen-bond acceptors (Lipinski definition) is 4. The van der Waals surface area contributed by atoms with Gasteiger partial charge in [-0.25, -0.2) is 13.2 Å². The fourth-order valence-corrected chi connectivity index (χ4v) is 3.13. The van der Waals surface area contributed by atoms with E-state index in [0.29, 0.717) is 11.8 Å². The number of rotatable bonds is 6. The van der Waals surface area contributed by atoms with Crippen molar-refractivity contribution in [3.05, 3.63) is 74.7 Å². The van der Waals surface area contributed by atoms with Crippen molar-refractivity contribution >= 4 is 5.97 Å². The van der Waals surface area contributed by atoms with Gasteiger partial charge in [0.05, 0.1) is 13.5 Å². The van der Waals surface area contributed by atoms with Crippen molar-refractivity contribution in [3.8, 4) is 0 Å². The van der Waals surface area contributed by atoms with Crippen LogP contribution in [0.1, 0.15) is 34.9 Å². The number of aryl methyl sites for hydroxylation is 1. The molecule has 0 fully saturated rings. The zero-order chi connectivity index (χ0) is 20.4. The van der Waals surface area contributed by atoms with E-state index in [1.165, 1.54) is 18.0 Å². The van der Waals surface area contributed by atoms with Gasteiger partial charge in [0.15, 0.2) is 11.6 Å². The van der Waals surface area contributed by atoms with Crippen LogP contribution < -0.4 is 5.56 Å². The lowest BCUT2D eigenvalue weighted by Crippen LogP contribution is -2.20. The highest BCUT2D eigenvalue weighted by Gasteiger charge is 2.28. The Balaban J connectivity index is 2.07. The number of benzene rings is 1. The second-order valence-corrected chi connectivity index (χ2v) is 6.22. The molecule has 1 aromatic carbocycles. The summed E-state index contributed by atoms with van der Waals surface area (Å²) in [5.41, 5.74) is 0.302. The lowest BCUT2D eigenvalue weighted by Gasteiger charge is -2.16. The molecule has 0 saturated carbocycles. The number of hydrogen-bond donors (Lipinski definition) is 2. The van der Waals surface area contributed by atoms with E-state index in [0.717, 1.165) is 6.07 Å². The molecular formula is C18H17F3N4O3. The second kappa shape index (κ2) is 7.75. The summed E-state index contributed by atoms with van der Waals surface area (Å²) in [5.74, 6) is -4.75. The van der Waals surface area contributed by atoms with Crippen molar-refractivity contribution in [3.63, 3.8) is 0 Å². The number of H-pyrrole nitrogens is 2. The fourth-order valence-electron chi connectivity index (χ4n) is 3.13. The van der Waals surface area contributed by atoms with Crippen LogP contribution in [0.4, 0.5) is 13.2 Å². The Kier molecular flexibility index (Phi) is 5.39. The molecule has 7 nitrogen and oxygen atoms in total. The van der Waals surface area contributed by atoms with Gasteiger partial charge in [-0.2, -0.15) is 5.10 Å². The predicted molar refractivity (Wildman–Crippen MR) is 92.2 cm³/mol. The molecule has 2 aromatic heterocycles. The van der Waals surface area contributed by atoms with E-state index in [4.69, 9.17) is 4.74 Å². The highest BCUT2D eigenvalue weighted by atomic mass is 19.2. The van der Waals surface area contributed by atoms with Crippen LogP contribution in [0.15, 0.2) is 29.2 Å². The molecule has 0 aliphatic heterocycles. The van der Waals surface area contributed by atoms with E-state index in [2.05, 4.69) is 15.3 Å². The minimum absolute atomic E-state index is 0.141. The normalized spacial score (nSPS) is 12.2. The van der Waals surface area contributed by atoms with Crippen LogP contribution in [-0.2, 0) is 23.0 Å². The molecule has 0 radical (unpaired) electrons. The van der Waals surface area contributed by atoms with Gasteiger partial charge in [-0.15, -0.1) is 0 Å². The number of nitrogens with zero attached hydrogens (tertiary/aromatic N) is 2. The first-order valence-corrected chi connectivity index (χ1v) is 8.29. The average molecular weight is 394 g/mol. The molecule has 148 valence electrons. The number of methoxy groups -OCH3 is 1. The number of ether oxygens (including phenoxy) is 1. The van der Waals surface area contributed by atoms with E-state index in [1.54, 1.807) is 13.1 Å². The molecule has 0 spiro atoms. The van der Waals surface area contributed by atoms with Gasteiger partial charge in [0.2, 0.25) is 0 Å². The highest BCUT2D eigenvalue weighted by Crippen LogP contribution is 2.29. The summed E-state index contributed by atoms with van der Waals surface area (Å²) in [4.78, 5) is 24.4. The Bertz CT molecular complexity index is 1070. The first kappa shape index (κ1) is 19.5. The standard InChI is InChI=1S/C18H17F3N4O3/c1-25-15(3-4-22-25)10(7-16(26)28-2)17-14(23-24-18(17)27)6-9-5-12(20)13(21)8-11(9)19/h3-5,8,10H,6-7H2,1-2H3,(H2,23,24,27)/t10-/m0/s1. The minimum atomic E-state index is -1.30. The van der Waals surface area contributed by atoms with Crippen LogP contribution >= 0.6 is 0 Å². The van der Waals surface area contributed by atoms with Gasteiger partial charge in [0.1, 0.15) is 5.82 Å². The maximum atomic E-state index is 14.1. The zero-order valence-electron chi connectivity index (χ0n) is 15.1. The lowest BCUT2D eigenvalue weighted by molar-refractivity contribution is -0.140. The Labute approximate surface area is 157 Å². The minimum Gasteiger partial charge on any atom is -0.469 e. The molecule has 0 saturated heterocycles. The van der Waals surface area contributed by atoms with Gasteiger partial charge in [-0.1, -0.05) is 0 Å². The summed E-state index contributed by atoms with van der Waals surface area (Å²) >= 11 is 0. The molecule has 0 bridgehead atoms. The summed E-state index contributed by atoms with van der Waals surface area (Å²) < 4.78 is 47.0. The number of aromatic nitrogens is 4. The van der Waals surface area contributed by atoms with Crippen molar-refractivity contribution in [2.75, 3.05) is 7.11 Å². The Morgan fingerprint density at radius 2 is 1.93 bits per heavy atom. The van der Waals surface area contributed by atoms with Gasteiger partial charge in [-0.3, -0.25) is 19.4 Å². The molecule has 10 heteroatoms. The molecule has 1 atom stereocenters. The number of nitrogens with one attached hydrogen (secondary N) is 2. The Hall–Kier alpha value is -3.30. The number of carbonyl (C=O) groups excluding carboxylic acids is 1. The highest BCUT2D eigenvalue weighted by molar-refractivity contribution is 5.71. The smallest absolute Gasteiger partial charge is 0.306 e. The third kappa shape index (κ3) is 3.71. The second-order valence-electron chi connectivity index (χ2n) is 6.22. The SMILES string of the molecule is COC(=O)C[C@H](c1c(Cc2cc(F)c(F)cc2F)[nH][nH]c1=O)c1ccnn1C. The van der Waals surface area contributed by atoms with Crippen LogP contribution in [0.5, 0.6) is 0 Å². The molecule has 3 aromatic rings. The Morgan fingerprint density at radius 1 is 1.21 bits per heavy atom. The maximum Gasteiger partial charge on any atom is 0.306 e. The number of aromatic amines is 2. The largest absolute Gasteiger partial charge is 0.469 e. The third-order valence-corrected chi connectivity index (χ3v) is 4.52. The van der Waals surface area contributed by atoms with E-state index >= 15 is 0 Å². The molecular weight excluding hydrogens is 377 g/mol. The molecule has 0 amide bonds. The zero-order valence-corrected chi connectivity index (χ0v) is 15.1. The third-order valence-electron chi connectivity index (χ3n) is 4.52. The van der Waals surface area contributed by atoms with Crippen LogP contribution in [0.25, 0.3) is 0 Å². The number of halogens is 3. The van der Waals surface area contributed by atoms with Crippen LogP contribution in [-0.4, -0.2) is 33.1 Å². The maximum absolute atomic E-state index is 14.1. The molecule has 2 heterocycles. The van der Waals surface area contributed by atoms with Gasteiger partial charge < -0.3 is 9.84 Å². The van der Waals surface area contributed by atoms with Crippen LogP contribution in [0.2, 0.25) is 0 Å². The average Bonchev–Trinajstić information content (AvgIpc) is 3.23. The summed E-state index contributed by atoms with van der Waals surface area (Å²) in [7, 11) is 2.87. The topological polar surface area (TPSA) is 92.8 Å². The molecule has 0 aliphatic rings. The summed E-state index contributed by atoms with van der Waals surface area (Å²) in [6.07, 6.45) is 1.13. The lowest BCUT2D eigenvalue weighted by atomic mass is 9.90. The molecule has 0 unspecified atom stereocenters. The van der Waals surface area contributed by atoms with E-state index < -0.39 is 34.9 Å². The van der Waals surface area contributed by atoms with Crippen LogP contribution in [0, 0.1) is 17.5 Å². The first-order chi connectivity index (χ1) is 13.3.